The first-order valence-corrected chi connectivity index (χ1v) is 11.8. The van der Waals surface area contributed by atoms with E-state index in [-0.39, 0.29) is 35.9 Å². The van der Waals surface area contributed by atoms with Crippen LogP contribution in [0.3, 0.4) is 0 Å². The van der Waals surface area contributed by atoms with Crippen LogP contribution in [0.25, 0.3) is 6.08 Å². The summed E-state index contributed by atoms with van der Waals surface area (Å²) in [5.74, 6) is 1.07. The number of pyridine rings is 1. The van der Waals surface area contributed by atoms with Gasteiger partial charge in [-0.05, 0) is 47.7 Å². The van der Waals surface area contributed by atoms with E-state index in [1.54, 1.807) is 24.5 Å². The number of fused-ring (bicyclic) bond motifs is 1. The Kier molecular flexibility index (Phi) is 7.33. The summed E-state index contributed by atoms with van der Waals surface area (Å²) in [6, 6.07) is 9.17. The summed E-state index contributed by atoms with van der Waals surface area (Å²) in [7, 11) is 0. The number of benzene rings is 1. The minimum atomic E-state index is -0.361. The molecule has 0 radical (unpaired) electrons. The van der Waals surface area contributed by atoms with Crippen LogP contribution in [0.1, 0.15) is 12.0 Å². The molecule has 2 aromatic rings. The fourth-order valence-corrected chi connectivity index (χ4v) is 4.67. The zero-order valence-electron chi connectivity index (χ0n) is 17.1. The maximum atomic E-state index is 12.5. The van der Waals surface area contributed by atoms with Gasteiger partial charge >= 0.3 is 0 Å². The van der Waals surface area contributed by atoms with E-state index in [1.165, 1.54) is 11.8 Å². The Morgan fingerprint density at radius 3 is 2.88 bits per heavy atom. The lowest BCUT2D eigenvalue weighted by Crippen LogP contribution is -2.37. The Hall–Kier alpha value is -2.98. The number of carbonyl (C=O) groups excluding carboxylic acids is 3. The van der Waals surface area contributed by atoms with Crippen LogP contribution in [-0.4, -0.2) is 59.0 Å². The summed E-state index contributed by atoms with van der Waals surface area (Å²) >= 11 is 2.27. The summed E-state index contributed by atoms with van der Waals surface area (Å²) in [5.41, 5.74) is 0.748. The molecule has 1 aromatic carbocycles. The molecule has 4 rings (SSSR count). The number of imide groups is 1. The number of carbonyl (C=O) groups is 3. The quantitative estimate of drug-likeness (QED) is 0.486. The predicted molar refractivity (Wildman–Crippen MR) is 123 cm³/mol. The smallest absolute Gasteiger partial charge is 0.293 e. The third-order valence-corrected chi connectivity index (χ3v) is 6.50. The van der Waals surface area contributed by atoms with Gasteiger partial charge in [0.15, 0.2) is 11.5 Å². The highest BCUT2D eigenvalue weighted by Crippen LogP contribution is 2.34. The summed E-state index contributed by atoms with van der Waals surface area (Å²) < 4.78 is 11.3. The molecule has 2 aliphatic heterocycles. The second-order valence-corrected chi connectivity index (χ2v) is 8.96. The Morgan fingerprint density at radius 2 is 2.06 bits per heavy atom. The Labute approximate surface area is 193 Å². The van der Waals surface area contributed by atoms with Gasteiger partial charge in [0.2, 0.25) is 5.91 Å². The van der Waals surface area contributed by atoms with E-state index < -0.39 is 0 Å². The summed E-state index contributed by atoms with van der Waals surface area (Å²) in [6.45, 7) is 1.55. The van der Waals surface area contributed by atoms with Crippen LogP contribution in [0.5, 0.6) is 11.5 Å². The average Bonchev–Trinajstić information content (AvgIpc) is 2.96. The van der Waals surface area contributed by atoms with Crippen LogP contribution in [0.15, 0.2) is 52.5 Å². The average molecular weight is 472 g/mol. The first-order valence-electron chi connectivity index (χ1n) is 10.0. The van der Waals surface area contributed by atoms with Crippen LogP contribution < -0.4 is 14.8 Å². The van der Waals surface area contributed by atoms with Gasteiger partial charge in [-0.15, -0.1) is 11.8 Å². The number of aromatic nitrogens is 1. The van der Waals surface area contributed by atoms with E-state index in [0.717, 1.165) is 33.5 Å². The van der Waals surface area contributed by atoms with E-state index in [4.69, 9.17) is 9.47 Å². The number of thioether (sulfide) groups is 2. The summed E-state index contributed by atoms with van der Waals surface area (Å²) in [4.78, 5) is 43.3. The van der Waals surface area contributed by atoms with Crippen molar-refractivity contribution in [1.29, 1.82) is 0 Å². The second-order valence-electron chi connectivity index (χ2n) is 6.92. The first kappa shape index (κ1) is 22.2. The molecule has 10 heteroatoms. The van der Waals surface area contributed by atoms with Crippen molar-refractivity contribution in [3.8, 4) is 11.5 Å². The molecule has 1 aromatic heterocycles. The van der Waals surface area contributed by atoms with Crippen LogP contribution in [-0.2, 0) is 9.59 Å². The highest BCUT2D eigenvalue weighted by Gasteiger charge is 2.34. The molecule has 0 spiro atoms. The molecule has 0 aliphatic carbocycles. The highest BCUT2D eigenvalue weighted by molar-refractivity contribution is 8.18. The van der Waals surface area contributed by atoms with Gasteiger partial charge in [-0.25, -0.2) is 0 Å². The van der Waals surface area contributed by atoms with Gasteiger partial charge in [0, 0.05) is 36.8 Å². The normalized spacial score (nSPS) is 16.9. The maximum absolute atomic E-state index is 12.5. The number of hydrogen-bond acceptors (Lipinski definition) is 8. The molecule has 166 valence electrons. The van der Waals surface area contributed by atoms with Gasteiger partial charge in [0.1, 0.15) is 0 Å². The fraction of sp³-hybridized carbons (Fsp3) is 0.273. The van der Waals surface area contributed by atoms with E-state index in [0.29, 0.717) is 29.6 Å². The molecule has 0 bridgehead atoms. The van der Waals surface area contributed by atoms with Crippen molar-refractivity contribution in [2.45, 2.75) is 11.3 Å². The van der Waals surface area contributed by atoms with Gasteiger partial charge in [-0.1, -0.05) is 6.07 Å². The molecule has 1 saturated heterocycles. The largest absolute Gasteiger partial charge is 0.490 e. The number of rotatable bonds is 7. The molecule has 0 saturated carbocycles. The zero-order valence-corrected chi connectivity index (χ0v) is 18.7. The second kappa shape index (κ2) is 10.6. The lowest BCUT2D eigenvalue weighted by molar-refractivity contribution is -0.123. The van der Waals surface area contributed by atoms with Crippen molar-refractivity contribution < 1.29 is 23.9 Å². The number of nitrogens with one attached hydrogen (secondary N) is 1. The van der Waals surface area contributed by atoms with Crippen LogP contribution in [0.4, 0.5) is 4.79 Å². The Balaban J connectivity index is 1.23. The molecule has 32 heavy (non-hydrogen) atoms. The van der Waals surface area contributed by atoms with Gasteiger partial charge in [-0.3, -0.25) is 24.3 Å². The van der Waals surface area contributed by atoms with Crippen molar-refractivity contribution in [3.63, 3.8) is 0 Å². The monoisotopic (exact) mass is 471 g/mol. The van der Waals surface area contributed by atoms with Crippen LogP contribution >= 0.6 is 23.5 Å². The first-order chi connectivity index (χ1) is 15.6. The number of nitrogens with zero attached hydrogens (tertiary/aromatic N) is 2. The molecule has 3 heterocycles. The molecule has 1 fully saturated rings. The number of amides is 3. The van der Waals surface area contributed by atoms with Crippen molar-refractivity contribution >= 4 is 46.7 Å². The molecule has 8 nitrogen and oxygen atoms in total. The van der Waals surface area contributed by atoms with E-state index >= 15 is 0 Å². The standard InChI is InChI=1S/C22H21N3O5S2/c26-20(14-31-16-4-5-17-18(12-16)30-10-2-9-29-17)24-7-8-25-21(27)19(32-22(25)28)11-15-3-1-6-23-13-15/h1,3-6,11-13H,2,7-10,14H2,(H,24,26)/b19-11-. The van der Waals surface area contributed by atoms with E-state index in [9.17, 15) is 14.4 Å². The molecule has 0 atom stereocenters. The van der Waals surface area contributed by atoms with Crippen molar-refractivity contribution in [2.24, 2.45) is 0 Å². The highest BCUT2D eigenvalue weighted by atomic mass is 32.2. The van der Waals surface area contributed by atoms with Crippen molar-refractivity contribution in [2.75, 3.05) is 32.1 Å². The Morgan fingerprint density at radius 1 is 1.22 bits per heavy atom. The van der Waals surface area contributed by atoms with E-state index in [2.05, 4.69) is 10.3 Å². The lowest BCUT2D eigenvalue weighted by atomic mass is 10.2. The van der Waals surface area contributed by atoms with Crippen LogP contribution in [0.2, 0.25) is 0 Å². The van der Waals surface area contributed by atoms with Gasteiger partial charge in [-0.2, -0.15) is 0 Å². The third kappa shape index (κ3) is 5.63. The predicted octanol–water partition coefficient (Wildman–Crippen LogP) is 3.19. The SMILES string of the molecule is O=C(CSc1ccc2c(c1)OCCCO2)NCCN1C(=O)S/C(=C\c2cccnc2)C1=O. The summed E-state index contributed by atoms with van der Waals surface area (Å²) in [5, 5.41) is 2.41. The zero-order chi connectivity index (χ0) is 22.3. The molecule has 1 N–H and O–H groups in total. The third-order valence-electron chi connectivity index (χ3n) is 4.60. The van der Waals surface area contributed by atoms with Crippen molar-refractivity contribution in [1.82, 2.24) is 15.2 Å². The maximum Gasteiger partial charge on any atom is 0.293 e. The molecular weight excluding hydrogens is 450 g/mol. The van der Waals surface area contributed by atoms with Gasteiger partial charge < -0.3 is 14.8 Å². The molecule has 0 unspecified atom stereocenters. The lowest BCUT2D eigenvalue weighted by Gasteiger charge is -2.13. The molecule has 3 amide bonds. The van der Waals surface area contributed by atoms with Gasteiger partial charge in [0.25, 0.3) is 11.1 Å². The van der Waals surface area contributed by atoms with Gasteiger partial charge in [0.05, 0.1) is 23.9 Å². The molecule has 2 aliphatic rings. The summed E-state index contributed by atoms with van der Waals surface area (Å²) in [6.07, 6.45) is 5.73. The minimum Gasteiger partial charge on any atom is -0.490 e. The topological polar surface area (TPSA) is 97.8 Å². The minimum absolute atomic E-state index is 0.121. The number of hydrogen-bond donors (Lipinski definition) is 1. The van der Waals surface area contributed by atoms with Crippen molar-refractivity contribution in [3.05, 3.63) is 53.2 Å². The van der Waals surface area contributed by atoms with Crippen LogP contribution in [0, 0.1) is 0 Å². The van der Waals surface area contributed by atoms with E-state index in [1.807, 2.05) is 24.3 Å². The fourth-order valence-electron chi connectivity index (χ4n) is 3.05. The number of ether oxygens (including phenoxy) is 2. The molecular formula is C22H21N3O5S2. The Bertz CT molecular complexity index is 1050.